The van der Waals surface area contributed by atoms with E-state index < -0.39 is 0 Å². The zero-order valence-electron chi connectivity index (χ0n) is 36.2. The van der Waals surface area contributed by atoms with Gasteiger partial charge in [-0.3, -0.25) is 14.6 Å². The lowest BCUT2D eigenvalue weighted by Crippen LogP contribution is -2.52. The van der Waals surface area contributed by atoms with Crippen molar-refractivity contribution in [3.05, 3.63) is 107 Å². The van der Waals surface area contributed by atoms with E-state index in [0.29, 0.717) is 13.2 Å². The Bertz CT molecular complexity index is 2540. The Balaban J connectivity index is 0.667. The first-order valence-electron chi connectivity index (χ1n) is 22.9. The highest BCUT2D eigenvalue weighted by atomic mass is 32.1. The first-order chi connectivity index (χ1) is 31.1. The van der Waals surface area contributed by atoms with Crippen LogP contribution in [-0.2, 0) is 9.59 Å². The Labute approximate surface area is 378 Å². The first-order valence-corrected chi connectivity index (χ1v) is 24.7. The SMILES string of the molecule is CNc1cc(OCCCCN2CCN(c3cccc4sccc34)CC2)ccc1C1C(C=O)C2c3ccc(OCCCCN4CCN(c5cccc6sccc56)CC4)cc3NC(=O)C12. The molecule has 4 aromatic carbocycles. The van der Waals surface area contributed by atoms with E-state index in [1.807, 2.05) is 66.1 Å². The minimum Gasteiger partial charge on any atom is -0.494 e. The summed E-state index contributed by atoms with van der Waals surface area (Å²) in [5.74, 6) is 0.497. The third kappa shape index (κ3) is 8.62. The third-order valence-corrected chi connectivity index (χ3v) is 15.8. The van der Waals surface area contributed by atoms with Crippen LogP contribution in [0.3, 0.4) is 0 Å². The Morgan fingerprint density at radius 2 is 1.19 bits per heavy atom. The van der Waals surface area contributed by atoms with E-state index >= 15 is 0 Å². The molecule has 2 saturated heterocycles. The molecule has 0 radical (unpaired) electrons. The number of rotatable bonds is 17. The molecule has 12 heteroatoms. The van der Waals surface area contributed by atoms with Crippen LogP contribution in [0.4, 0.5) is 22.7 Å². The molecular formula is C51H58N6O4S2. The summed E-state index contributed by atoms with van der Waals surface area (Å²) in [6.45, 7) is 11.9. The largest absolute Gasteiger partial charge is 0.494 e. The fraction of sp³-hybridized carbons (Fsp3) is 0.412. The normalized spacial score (nSPS) is 21.4. The number of carbonyl (C=O) groups is 2. The lowest BCUT2D eigenvalue weighted by atomic mass is 9.51. The second kappa shape index (κ2) is 18.9. The molecule has 2 N–H and O–H groups in total. The molecule has 1 aliphatic carbocycles. The van der Waals surface area contributed by atoms with Crippen molar-refractivity contribution in [3.63, 3.8) is 0 Å². The number of piperazine rings is 2. The Kier molecular flexibility index (Phi) is 12.6. The number of nitrogens with one attached hydrogen (secondary N) is 2. The molecule has 2 aromatic heterocycles. The van der Waals surface area contributed by atoms with Crippen molar-refractivity contribution in [2.24, 2.45) is 11.8 Å². The molecule has 328 valence electrons. The van der Waals surface area contributed by atoms with Crippen LogP contribution in [0.2, 0.25) is 0 Å². The van der Waals surface area contributed by atoms with Crippen LogP contribution in [0.15, 0.2) is 95.7 Å². The molecule has 10 rings (SSSR count). The lowest BCUT2D eigenvalue weighted by Gasteiger charge is -2.52. The van der Waals surface area contributed by atoms with Gasteiger partial charge in [0, 0.05) is 132 Å². The van der Waals surface area contributed by atoms with Gasteiger partial charge in [0.15, 0.2) is 0 Å². The smallest absolute Gasteiger partial charge is 0.228 e. The summed E-state index contributed by atoms with van der Waals surface area (Å²) in [6, 6.07) is 29.8. The van der Waals surface area contributed by atoms with Crippen molar-refractivity contribution in [3.8, 4) is 11.5 Å². The predicted octanol–water partition coefficient (Wildman–Crippen LogP) is 9.38. The number of benzene rings is 4. The number of ether oxygens (including phenoxy) is 2. The van der Waals surface area contributed by atoms with E-state index in [1.165, 1.54) is 31.5 Å². The molecule has 6 aromatic rings. The third-order valence-electron chi connectivity index (χ3n) is 14.0. The van der Waals surface area contributed by atoms with Gasteiger partial charge in [-0.2, -0.15) is 0 Å². The minimum absolute atomic E-state index is 0.0385. The summed E-state index contributed by atoms with van der Waals surface area (Å²) in [4.78, 5) is 36.7. The quantitative estimate of drug-likeness (QED) is 0.0688. The van der Waals surface area contributed by atoms with Crippen LogP contribution in [-0.4, -0.2) is 108 Å². The average molecular weight is 883 g/mol. The number of hydrogen-bond donors (Lipinski definition) is 2. The van der Waals surface area contributed by atoms with Crippen LogP contribution in [0.1, 0.15) is 48.6 Å². The van der Waals surface area contributed by atoms with Gasteiger partial charge < -0.3 is 34.7 Å². The van der Waals surface area contributed by atoms with Crippen LogP contribution >= 0.6 is 22.7 Å². The molecule has 10 nitrogen and oxygen atoms in total. The second-order valence-electron chi connectivity index (χ2n) is 17.5. The van der Waals surface area contributed by atoms with Crippen LogP contribution in [0.25, 0.3) is 20.2 Å². The fourth-order valence-electron chi connectivity index (χ4n) is 10.6. The summed E-state index contributed by atoms with van der Waals surface area (Å²) in [5, 5.41) is 13.6. The molecule has 4 aliphatic rings. The van der Waals surface area contributed by atoms with Crippen LogP contribution < -0.4 is 29.9 Å². The zero-order valence-corrected chi connectivity index (χ0v) is 37.8. The molecule has 4 atom stereocenters. The number of fused-ring (bicyclic) bond motifs is 5. The average Bonchev–Trinajstić information content (AvgIpc) is 4.01. The topological polar surface area (TPSA) is 89.6 Å². The van der Waals surface area contributed by atoms with Gasteiger partial charge in [0.1, 0.15) is 17.8 Å². The van der Waals surface area contributed by atoms with Gasteiger partial charge in [0.25, 0.3) is 0 Å². The van der Waals surface area contributed by atoms with Gasteiger partial charge in [-0.25, -0.2) is 0 Å². The van der Waals surface area contributed by atoms with E-state index in [0.717, 1.165) is 131 Å². The van der Waals surface area contributed by atoms with Gasteiger partial charge >= 0.3 is 0 Å². The number of aldehydes is 1. The monoisotopic (exact) mass is 882 g/mol. The molecule has 0 bridgehead atoms. The number of nitrogens with zero attached hydrogens (tertiary/aromatic N) is 4. The number of thiophene rings is 2. The minimum atomic E-state index is -0.323. The predicted molar refractivity (Wildman–Crippen MR) is 260 cm³/mol. The van der Waals surface area contributed by atoms with E-state index in [-0.39, 0.29) is 29.6 Å². The summed E-state index contributed by atoms with van der Waals surface area (Å²) >= 11 is 3.62. The summed E-state index contributed by atoms with van der Waals surface area (Å²) < 4.78 is 15.1. The Morgan fingerprint density at radius 3 is 1.75 bits per heavy atom. The maximum atomic E-state index is 13.7. The van der Waals surface area contributed by atoms with Gasteiger partial charge in [-0.15, -0.1) is 22.7 Å². The summed E-state index contributed by atoms with van der Waals surface area (Å²) in [5.41, 5.74) is 6.37. The molecule has 3 aliphatic heterocycles. The van der Waals surface area contributed by atoms with Gasteiger partial charge in [0.05, 0.1) is 19.1 Å². The van der Waals surface area contributed by atoms with Gasteiger partial charge in [0.2, 0.25) is 5.91 Å². The van der Waals surface area contributed by atoms with Crippen molar-refractivity contribution in [2.75, 3.05) is 106 Å². The summed E-state index contributed by atoms with van der Waals surface area (Å²) in [6.07, 6.45) is 5.14. The number of carbonyl (C=O) groups excluding carboxylic acids is 2. The van der Waals surface area contributed by atoms with E-state index in [9.17, 15) is 9.59 Å². The van der Waals surface area contributed by atoms with E-state index in [1.54, 1.807) is 0 Å². The maximum absolute atomic E-state index is 13.7. The molecular weight excluding hydrogens is 825 g/mol. The zero-order chi connectivity index (χ0) is 42.7. The number of hydrogen-bond acceptors (Lipinski definition) is 11. The highest BCUT2D eigenvalue weighted by Gasteiger charge is 2.58. The molecule has 4 unspecified atom stereocenters. The molecule has 1 amide bonds. The van der Waals surface area contributed by atoms with Gasteiger partial charge in [-0.1, -0.05) is 24.3 Å². The van der Waals surface area contributed by atoms with Crippen molar-refractivity contribution in [1.29, 1.82) is 0 Å². The van der Waals surface area contributed by atoms with E-state index in [4.69, 9.17) is 9.47 Å². The van der Waals surface area contributed by atoms with Crippen molar-refractivity contribution in [2.45, 2.75) is 37.5 Å². The molecule has 3 fully saturated rings. The highest BCUT2D eigenvalue weighted by Crippen LogP contribution is 2.61. The Morgan fingerprint density at radius 1 is 0.651 bits per heavy atom. The van der Waals surface area contributed by atoms with Crippen molar-refractivity contribution < 1.29 is 19.1 Å². The van der Waals surface area contributed by atoms with E-state index in [2.05, 4.69) is 89.5 Å². The second-order valence-corrected chi connectivity index (χ2v) is 19.4. The standard InChI is InChI=1S/C51H58N6O4S2/c1-52-42-32-35(60-28-4-2-18-54-20-24-56(25-21-54)44-8-6-10-46-39(44)16-30-62-46)12-14-37(42)48-41(34-58)49-38-15-13-36(33-43(38)53-51(59)50(48)49)61-29-5-3-19-55-22-26-57(27-23-55)45-9-7-11-47-40(45)17-31-63-47/h6-17,30-34,41,48-50,52H,2-5,18-29H2,1H3,(H,53,59). The van der Waals surface area contributed by atoms with Crippen LogP contribution in [0, 0.1) is 11.8 Å². The highest BCUT2D eigenvalue weighted by molar-refractivity contribution is 7.17. The number of anilines is 4. The van der Waals surface area contributed by atoms with Gasteiger partial charge in [-0.05, 0) is 109 Å². The number of unbranched alkanes of at least 4 members (excludes halogenated alkanes) is 2. The van der Waals surface area contributed by atoms with Crippen molar-refractivity contribution >= 4 is 77.8 Å². The molecule has 63 heavy (non-hydrogen) atoms. The Hall–Kier alpha value is -5.14. The summed E-state index contributed by atoms with van der Waals surface area (Å²) in [7, 11) is 1.89. The molecule has 1 saturated carbocycles. The number of amides is 1. The van der Waals surface area contributed by atoms with Crippen molar-refractivity contribution in [1.82, 2.24) is 9.80 Å². The fourth-order valence-corrected chi connectivity index (χ4v) is 12.3. The first kappa shape index (κ1) is 41.8. The maximum Gasteiger partial charge on any atom is 0.228 e. The van der Waals surface area contributed by atoms with Crippen LogP contribution in [0.5, 0.6) is 11.5 Å². The molecule has 5 heterocycles. The lowest BCUT2D eigenvalue weighted by molar-refractivity contribution is -0.131. The molecule has 0 spiro atoms.